The Labute approximate surface area is 260 Å². The standard InChI is InChI=1S/C34H34FN7O3/c1-34(2,3)45-33(44)41-16-6-8-26(20-41)42(32(43)28-12-10-24(18-29(28)35)30-21-40(4)39-38-30)31-27-11-9-22(17-23(27)13-15-37-31)25-7-5-14-36-19-25/h5,7,9-15,17-19,21,26H,6,8,16,20H2,1-4H3/t26-/m1/s1. The predicted molar refractivity (Wildman–Crippen MR) is 169 cm³/mol. The van der Waals surface area contributed by atoms with Crippen LogP contribution in [0.1, 0.15) is 44.0 Å². The van der Waals surface area contributed by atoms with Crippen LogP contribution in [-0.2, 0) is 11.8 Å². The molecular formula is C34H34FN7O3. The van der Waals surface area contributed by atoms with E-state index in [2.05, 4.69) is 20.3 Å². The fourth-order valence-corrected chi connectivity index (χ4v) is 5.62. The van der Waals surface area contributed by atoms with E-state index in [-0.39, 0.29) is 12.1 Å². The minimum Gasteiger partial charge on any atom is -0.444 e. The van der Waals surface area contributed by atoms with Crippen LogP contribution in [0.3, 0.4) is 0 Å². The number of carbonyl (C=O) groups is 2. The Morgan fingerprint density at radius 2 is 1.84 bits per heavy atom. The zero-order valence-corrected chi connectivity index (χ0v) is 25.6. The van der Waals surface area contributed by atoms with Crippen LogP contribution in [0.2, 0.25) is 0 Å². The normalized spacial score (nSPS) is 15.2. The lowest BCUT2D eigenvalue weighted by molar-refractivity contribution is 0.0196. The molecule has 0 unspecified atom stereocenters. The summed E-state index contributed by atoms with van der Waals surface area (Å²) in [5.74, 6) is -0.846. The molecule has 0 bridgehead atoms. The number of fused-ring (bicyclic) bond motifs is 1. The molecule has 11 heteroatoms. The summed E-state index contributed by atoms with van der Waals surface area (Å²) in [7, 11) is 1.73. The molecule has 0 aliphatic carbocycles. The fraction of sp³-hybridized carbons (Fsp3) is 0.294. The smallest absolute Gasteiger partial charge is 0.410 e. The van der Waals surface area contributed by atoms with Gasteiger partial charge in [-0.2, -0.15) is 0 Å². The molecule has 0 N–H and O–H groups in total. The molecule has 1 atom stereocenters. The summed E-state index contributed by atoms with van der Waals surface area (Å²) in [6.07, 6.45) is 7.61. The predicted octanol–water partition coefficient (Wildman–Crippen LogP) is 6.28. The molecule has 2 amide bonds. The van der Waals surface area contributed by atoms with Crippen molar-refractivity contribution in [3.63, 3.8) is 0 Å². The van der Waals surface area contributed by atoms with E-state index in [0.29, 0.717) is 36.5 Å². The second-order valence-electron chi connectivity index (χ2n) is 12.2. The van der Waals surface area contributed by atoms with Crippen molar-refractivity contribution in [3.05, 3.63) is 90.8 Å². The van der Waals surface area contributed by atoms with Crippen molar-refractivity contribution < 1.29 is 18.7 Å². The molecule has 1 saturated heterocycles. The van der Waals surface area contributed by atoms with Crippen molar-refractivity contribution in [2.75, 3.05) is 18.0 Å². The van der Waals surface area contributed by atoms with Crippen LogP contribution in [-0.4, -0.2) is 66.6 Å². The van der Waals surface area contributed by atoms with Crippen molar-refractivity contribution in [1.82, 2.24) is 29.9 Å². The van der Waals surface area contributed by atoms with E-state index < -0.39 is 29.5 Å². The van der Waals surface area contributed by atoms with Gasteiger partial charge in [-0.15, -0.1) is 5.10 Å². The van der Waals surface area contributed by atoms with Crippen LogP contribution < -0.4 is 4.90 Å². The van der Waals surface area contributed by atoms with E-state index in [1.54, 1.807) is 47.7 Å². The number of halogens is 1. The lowest BCUT2D eigenvalue weighted by Gasteiger charge is -2.39. The second-order valence-corrected chi connectivity index (χ2v) is 12.2. The second kappa shape index (κ2) is 12.1. The molecule has 0 saturated carbocycles. The molecule has 1 aliphatic heterocycles. The molecule has 1 fully saturated rings. The lowest BCUT2D eigenvalue weighted by atomic mass is 9.99. The van der Waals surface area contributed by atoms with Gasteiger partial charge in [-0.3, -0.25) is 19.4 Å². The van der Waals surface area contributed by atoms with Crippen LogP contribution in [0.25, 0.3) is 33.2 Å². The maximum atomic E-state index is 15.8. The number of rotatable bonds is 5. The molecule has 10 nitrogen and oxygen atoms in total. The summed E-state index contributed by atoms with van der Waals surface area (Å²) in [5, 5.41) is 9.57. The maximum absolute atomic E-state index is 15.8. The lowest BCUT2D eigenvalue weighted by Crippen LogP contribution is -2.53. The first-order valence-electron chi connectivity index (χ1n) is 14.8. The molecular weight excluding hydrogens is 573 g/mol. The quantitative estimate of drug-likeness (QED) is 0.232. The van der Waals surface area contributed by atoms with E-state index in [4.69, 9.17) is 4.74 Å². The summed E-state index contributed by atoms with van der Waals surface area (Å²) < 4.78 is 22.9. The molecule has 0 spiro atoms. The molecule has 3 aromatic heterocycles. The van der Waals surface area contributed by atoms with E-state index in [1.165, 1.54) is 16.8 Å². The summed E-state index contributed by atoms with van der Waals surface area (Å²) in [5.41, 5.74) is 2.14. The number of benzene rings is 2. The number of amides is 2. The third-order valence-corrected chi connectivity index (χ3v) is 7.70. The molecule has 6 rings (SSSR count). The molecule has 2 aromatic carbocycles. The van der Waals surface area contributed by atoms with Crippen molar-refractivity contribution in [3.8, 4) is 22.4 Å². The van der Waals surface area contributed by atoms with Gasteiger partial charge < -0.3 is 9.64 Å². The molecule has 45 heavy (non-hydrogen) atoms. The highest BCUT2D eigenvalue weighted by molar-refractivity contribution is 6.10. The van der Waals surface area contributed by atoms with Crippen molar-refractivity contribution >= 4 is 28.6 Å². The zero-order chi connectivity index (χ0) is 31.7. The van der Waals surface area contributed by atoms with E-state index in [0.717, 1.165) is 21.9 Å². The number of carbonyl (C=O) groups excluding carboxylic acids is 2. The summed E-state index contributed by atoms with van der Waals surface area (Å²) in [4.78, 5) is 39.6. The summed E-state index contributed by atoms with van der Waals surface area (Å²) >= 11 is 0. The Morgan fingerprint density at radius 1 is 1.02 bits per heavy atom. The Kier molecular flexibility index (Phi) is 8.01. The first-order valence-corrected chi connectivity index (χ1v) is 14.8. The Balaban J connectivity index is 1.42. The molecule has 230 valence electrons. The molecule has 5 aromatic rings. The largest absolute Gasteiger partial charge is 0.444 e. The minimum absolute atomic E-state index is 0.109. The number of piperidine rings is 1. The maximum Gasteiger partial charge on any atom is 0.410 e. The minimum atomic E-state index is -0.688. The SMILES string of the molecule is Cn1cc(-c2ccc(C(=O)N(c3nccc4cc(-c5cccnc5)ccc34)[C@@H]3CCCN(C(=O)OC(C)(C)C)C3)c(F)c2)nn1. The number of likely N-dealkylation sites (tertiary alicyclic amines) is 1. The average Bonchev–Trinajstić information content (AvgIpc) is 3.47. The third kappa shape index (κ3) is 6.38. The molecule has 1 aliphatic rings. The van der Waals surface area contributed by atoms with Gasteiger partial charge in [-0.05, 0) is 74.9 Å². The van der Waals surface area contributed by atoms with Gasteiger partial charge in [0, 0.05) is 55.2 Å². The van der Waals surface area contributed by atoms with Crippen LogP contribution in [0.15, 0.2) is 79.4 Å². The highest BCUT2D eigenvalue weighted by atomic mass is 19.1. The van der Waals surface area contributed by atoms with Gasteiger partial charge in [0.15, 0.2) is 0 Å². The number of aromatic nitrogens is 5. The van der Waals surface area contributed by atoms with Crippen LogP contribution in [0.5, 0.6) is 0 Å². The van der Waals surface area contributed by atoms with Crippen LogP contribution in [0, 0.1) is 5.82 Å². The highest BCUT2D eigenvalue weighted by Crippen LogP contribution is 2.34. The number of aryl methyl sites for hydroxylation is 1. The first-order chi connectivity index (χ1) is 21.6. The van der Waals surface area contributed by atoms with Crippen molar-refractivity contribution in [2.45, 2.75) is 45.3 Å². The van der Waals surface area contributed by atoms with Gasteiger partial charge in [-0.25, -0.2) is 14.2 Å². The number of pyridine rings is 2. The van der Waals surface area contributed by atoms with Crippen molar-refractivity contribution in [1.29, 1.82) is 0 Å². The van der Waals surface area contributed by atoms with Gasteiger partial charge in [-0.1, -0.05) is 29.5 Å². The number of hydrogen-bond acceptors (Lipinski definition) is 7. The topological polar surface area (TPSA) is 106 Å². The number of hydrogen-bond donors (Lipinski definition) is 0. The number of ether oxygens (including phenoxy) is 1. The van der Waals surface area contributed by atoms with E-state index in [1.807, 2.05) is 57.2 Å². The third-order valence-electron chi connectivity index (χ3n) is 7.70. The Bertz CT molecular complexity index is 1870. The average molecular weight is 608 g/mol. The monoisotopic (exact) mass is 607 g/mol. The molecule has 0 radical (unpaired) electrons. The van der Waals surface area contributed by atoms with E-state index in [9.17, 15) is 9.59 Å². The summed E-state index contributed by atoms with van der Waals surface area (Å²) in [6, 6.07) is 15.6. The fourth-order valence-electron chi connectivity index (χ4n) is 5.62. The van der Waals surface area contributed by atoms with Crippen LogP contribution >= 0.6 is 0 Å². The Morgan fingerprint density at radius 3 is 2.56 bits per heavy atom. The Hall–Kier alpha value is -5.19. The van der Waals surface area contributed by atoms with Crippen LogP contribution in [0.4, 0.5) is 15.0 Å². The van der Waals surface area contributed by atoms with E-state index >= 15 is 4.39 Å². The highest BCUT2D eigenvalue weighted by Gasteiger charge is 2.36. The molecule has 4 heterocycles. The zero-order valence-electron chi connectivity index (χ0n) is 25.6. The number of nitrogens with zero attached hydrogens (tertiary/aromatic N) is 7. The van der Waals surface area contributed by atoms with Gasteiger partial charge in [0.25, 0.3) is 5.91 Å². The van der Waals surface area contributed by atoms with Gasteiger partial charge >= 0.3 is 6.09 Å². The van der Waals surface area contributed by atoms with Crippen molar-refractivity contribution in [2.24, 2.45) is 7.05 Å². The first kappa shape index (κ1) is 29.9. The summed E-state index contributed by atoms with van der Waals surface area (Å²) in [6.45, 7) is 6.15. The van der Waals surface area contributed by atoms with Gasteiger partial charge in [0.2, 0.25) is 0 Å². The van der Waals surface area contributed by atoms with Gasteiger partial charge in [0.05, 0.1) is 17.8 Å². The van der Waals surface area contributed by atoms with Gasteiger partial charge in [0.1, 0.15) is 22.9 Å². The number of anilines is 1.